The molecule has 0 saturated carbocycles. The van der Waals surface area contributed by atoms with E-state index < -0.39 is 75.7 Å². The van der Waals surface area contributed by atoms with E-state index >= 15 is 0 Å². The van der Waals surface area contributed by atoms with Crippen LogP contribution in [0.5, 0.6) is 0 Å². The summed E-state index contributed by atoms with van der Waals surface area (Å²) in [5, 5.41) is 9.85. The molecule has 5 aliphatic rings. The Balaban J connectivity index is 0.628. The highest BCUT2D eigenvalue weighted by Gasteiger charge is 2.49. The number of ether oxygens (including phenoxy) is 1. The number of carbonyl (C=O) groups excluding carboxylic acids is 5. The number of sulfone groups is 1. The molecule has 5 atom stereocenters. The van der Waals surface area contributed by atoms with Gasteiger partial charge in [0.05, 0.1) is 51.3 Å². The highest BCUT2D eigenvalue weighted by molar-refractivity contribution is 7.99. The van der Waals surface area contributed by atoms with Gasteiger partial charge in [-0.05, 0) is 166 Å². The Morgan fingerprint density at radius 3 is 2.08 bits per heavy atom. The number of anilines is 2. The number of likely N-dealkylation sites (tertiary alicyclic amines) is 1. The molecule has 0 radical (unpaired) electrons. The molecule has 1 aromatic heterocycles. The van der Waals surface area contributed by atoms with Gasteiger partial charge in [0.2, 0.25) is 23.6 Å². The lowest BCUT2D eigenvalue weighted by atomic mass is 9.70. The van der Waals surface area contributed by atoms with Crippen molar-refractivity contribution in [3.63, 3.8) is 0 Å². The van der Waals surface area contributed by atoms with Crippen molar-refractivity contribution >= 4 is 101 Å². The Bertz CT molecular complexity index is 4440. The number of piperazine rings is 2. The number of aryl methyl sites for hydroxylation is 1. The van der Waals surface area contributed by atoms with E-state index in [1.165, 1.54) is 35.0 Å². The summed E-state index contributed by atoms with van der Waals surface area (Å²) < 4.78 is 105. The Hall–Kier alpha value is -7.41. The number of halogens is 4. The maximum Gasteiger partial charge on any atom is 0.501 e. The Labute approximate surface area is 658 Å². The maximum atomic E-state index is 14.8. The van der Waals surface area contributed by atoms with Gasteiger partial charge in [0.1, 0.15) is 17.0 Å². The smallest absolute Gasteiger partial charge is 0.380 e. The highest BCUT2D eigenvalue weighted by Crippen LogP contribution is 2.45. The molecule has 594 valence electrons. The fourth-order valence-electron chi connectivity index (χ4n) is 15.3. The second-order valence-electron chi connectivity index (χ2n) is 30.9. The maximum absolute atomic E-state index is 14.8. The molecule has 5 heterocycles. The van der Waals surface area contributed by atoms with E-state index in [9.17, 15) is 54.0 Å². The third-order valence-corrected chi connectivity index (χ3v) is 27.1. The van der Waals surface area contributed by atoms with Crippen LogP contribution in [0.1, 0.15) is 138 Å². The van der Waals surface area contributed by atoms with E-state index in [0.717, 1.165) is 95.3 Å². The summed E-state index contributed by atoms with van der Waals surface area (Å²) in [6.07, 6.45) is 7.39. The number of hydrogen-bond acceptors (Lipinski definition) is 18. The lowest BCUT2D eigenvalue weighted by Gasteiger charge is -2.43. The number of aromatic nitrogens is 1. The predicted octanol–water partition coefficient (Wildman–Crippen LogP) is 12.7. The van der Waals surface area contributed by atoms with Gasteiger partial charge >= 0.3 is 5.51 Å². The SMILES string of the molecule is Cc1ncsc1-c1ccc([C@H](C)NC(=O)[C@@H]2CCCN2C(=O)[C@@H](NC(=O)CCCCCCN2CCN(C(=O)C3(C)CCC(c4ccc(Cl)cc4)=C(CN4CCN(c5ccc(C(=O)NS(=O)(=O)c6ccc(N[C@H](CCN7CCOCC7)CSc7ccccc7)c(S(=O)(=O)C(F)(F)F)c6)cc5)CC4)C3)CC2)C(C)(C)C)cc1. The number of benzene rings is 5. The zero-order valence-corrected chi connectivity index (χ0v) is 67.6. The van der Waals surface area contributed by atoms with Gasteiger partial charge in [-0.2, -0.15) is 13.2 Å². The first-order valence-electron chi connectivity index (χ1n) is 38.2. The average Bonchev–Trinajstić information content (AvgIpc) is 1.00. The van der Waals surface area contributed by atoms with Crippen LogP contribution in [0.25, 0.3) is 16.0 Å². The Kier molecular flexibility index (Phi) is 28.1. The van der Waals surface area contributed by atoms with Crippen LogP contribution in [-0.4, -0.2) is 210 Å². The summed E-state index contributed by atoms with van der Waals surface area (Å²) in [4.78, 5) is 87.1. The standard InChI is InChI=1S/C81H103ClF3N11O10S4/c1-56(58-19-21-60(22-20-58)73-57(2)86-55-108-73)87-76(99)70-17-14-37-96(70)77(100)74(79(3,4)5)89-72(97)18-12-7-8-13-36-91-39-45-95(46-40-91)78(101)80(6)35-33-68(59-23-27-63(82)28-24-59)62(52-80)53-93-41-43-94(44-42-93)65-29-25-61(26-30-65)75(98)90-110(104,105)67-31-32-69(71(51-67)109(102,103)81(83,84)85)88-64(34-38-92-47-49-106-50-48-92)54-107-66-15-10-9-11-16-66/h9-11,15-16,19-32,51,55-56,64,70,74,88H,7-8,12-14,17-18,33-50,52-54H2,1-6H3,(H,87,99)(H,89,97)(H,90,98)/t56-,64+,70-,74+,80?/m0/s1. The summed E-state index contributed by atoms with van der Waals surface area (Å²) in [7, 11) is -11.0. The summed E-state index contributed by atoms with van der Waals surface area (Å²) in [5.74, 6) is -1.18. The van der Waals surface area contributed by atoms with E-state index in [-0.39, 0.29) is 35.2 Å². The Morgan fingerprint density at radius 1 is 0.755 bits per heavy atom. The molecule has 21 nitrogen and oxygen atoms in total. The minimum Gasteiger partial charge on any atom is -0.380 e. The van der Waals surface area contributed by atoms with E-state index in [1.807, 2.05) is 129 Å². The molecule has 5 amide bonds. The number of allylic oxidation sites excluding steroid dienone is 1. The van der Waals surface area contributed by atoms with Crippen LogP contribution in [0.3, 0.4) is 0 Å². The third kappa shape index (κ3) is 21.5. The number of rotatable bonds is 30. The molecular formula is C81H103ClF3N11O10S4. The number of thioether (sulfide) groups is 1. The van der Waals surface area contributed by atoms with Crippen molar-refractivity contribution in [3.8, 4) is 10.4 Å². The van der Waals surface area contributed by atoms with Crippen LogP contribution in [0, 0.1) is 17.8 Å². The van der Waals surface area contributed by atoms with E-state index in [4.69, 9.17) is 16.3 Å². The van der Waals surface area contributed by atoms with Crippen molar-refractivity contribution in [2.24, 2.45) is 10.8 Å². The van der Waals surface area contributed by atoms with Crippen molar-refractivity contribution in [1.82, 2.24) is 44.8 Å². The first kappa shape index (κ1) is 83.5. The Morgan fingerprint density at radius 2 is 1.42 bits per heavy atom. The largest absolute Gasteiger partial charge is 0.501 e. The normalized spacial score (nSPS) is 19.6. The van der Waals surface area contributed by atoms with E-state index in [1.54, 1.807) is 28.4 Å². The number of carbonyl (C=O) groups is 5. The number of hydrogen-bond donors (Lipinski definition) is 4. The van der Waals surface area contributed by atoms with Crippen LogP contribution >= 0.6 is 34.7 Å². The van der Waals surface area contributed by atoms with Gasteiger partial charge in [0, 0.05) is 124 Å². The molecule has 4 fully saturated rings. The molecule has 5 aromatic carbocycles. The second kappa shape index (κ2) is 37.0. The molecule has 4 aliphatic heterocycles. The minimum absolute atomic E-state index is 0.0500. The zero-order chi connectivity index (χ0) is 78.5. The van der Waals surface area contributed by atoms with Gasteiger partial charge in [0.25, 0.3) is 25.8 Å². The molecule has 11 rings (SSSR count). The molecule has 4 N–H and O–H groups in total. The van der Waals surface area contributed by atoms with Crippen LogP contribution in [0.2, 0.25) is 5.02 Å². The summed E-state index contributed by atoms with van der Waals surface area (Å²) in [6, 6.07) is 31.8. The van der Waals surface area contributed by atoms with Crippen molar-refractivity contribution in [2.75, 3.05) is 121 Å². The number of nitrogens with zero attached hydrogens (tertiary/aromatic N) is 7. The molecule has 4 saturated heterocycles. The predicted molar refractivity (Wildman–Crippen MR) is 427 cm³/mol. The van der Waals surface area contributed by atoms with Crippen LogP contribution in [0.15, 0.2) is 147 Å². The summed E-state index contributed by atoms with van der Waals surface area (Å²) in [6.45, 7) is 22.1. The van der Waals surface area contributed by atoms with Crippen molar-refractivity contribution < 1.29 is 58.7 Å². The molecule has 1 unspecified atom stereocenters. The van der Waals surface area contributed by atoms with E-state index in [0.29, 0.717) is 147 Å². The molecule has 29 heteroatoms. The lowest BCUT2D eigenvalue weighted by molar-refractivity contribution is -0.144. The fraction of sp³-hybridized carbons (Fsp3) is 0.506. The molecule has 110 heavy (non-hydrogen) atoms. The quantitative estimate of drug-likeness (QED) is 0.0242. The fourth-order valence-corrected chi connectivity index (χ4v) is 19.2. The minimum atomic E-state index is -6.11. The number of alkyl halides is 3. The molecule has 6 aromatic rings. The average molecular weight is 1610 g/mol. The number of unbranched alkanes of at least 4 members (excludes halogenated alkanes) is 3. The summed E-state index contributed by atoms with van der Waals surface area (Å²) >= 11 is 9.41. The van der Waals surface area contributed by atoms with Gasteiger partial charge in [-0.15, -0.1) is 23.1 Å². The van der Waals surface area contributed by atoms with Crippen molar-refractivity contribution in [2.45, 2.75) is 157 Å². The molecule has 1 aliphatic carbocycles. The topological polar surface area (TPSA) is 243 Å². The van der Waals surface area contributed by atoms with Gasteiger partial charge in [-0.1, -0.05) is 112 Å². The van der Waals surface area contributed by atoms with Crippen LogP contribution in [-0.2, 0) is 43.8 Å². The van der Waals surface area contributed by atoms with Crippen molar-refractivity contribution in [3.05, 3.63) is 160 Å². The summed E-state index contributed by atoms with van der Waals surface area (Å²) in [5.41, 5.74) is 1.65. The van der Waals surface area contributed by atoms with Crippen molar-refractivity contribution in [1.29, 1.82) is 0 Å². The van der Waals surface area contributed by atoms with E-state index in [2.05, 4.69) is 47.5 Å². The molecule has 0 bridgehead atoms. The van der Waals surface area contributed by atoms with Gasteiger partial charge in [-0.25, -0.2) is 26.5 Å². The highest BCUT2D eigenvalue weighted by atomic mass is 35.5. The van der Waals surface area contributed by atoms with Crippen LogP contribution < -0.4 is 25.6 Å². The number of morpholine rings is 1. The second-order valence-corrected chi connectivity index (χ2v) is 36.8. The lowest BCUT2D eigenvalue weighted by Crippen LogP contribution is -2.57. The molecule has 0 spiro atoms. The van der Waals surface area contributed by atoms with Gasteiger partial charge in [0.15, 0.2) is 0 Å². The first-order chi connectivity index (χ1) is 52.4. The third-order valence-electron chi connectivity index (χ3n) is 21.8. The zero-order valence-electron chi connectivity index (χ0n) is 63.6. The number of nitrogens with one attached hydrogen (secondary N) is 4. The van der Waals surface area contributed by atoms with Gasteiger partial charge in [-0.3, -0.25) is 38.7 Å². The van der Waals surface area contributed by atoms with Crippen LogP contribution in [0.4, 0.5) is 24.5 Å². The number of thiazole rings is 1. The van der Waals surface area contributed by atoms with Gasteiger partial charge < -0.3 is 35.4 Å². The number of amides is 5. The first-order valence-corrected chi connectivity index (χ1v) is 43.4. The molecular weight excluding hydrogens is 1510 g/mol. The number of sulfonamides is 1. The monoisotopic (exact) mass is 1610 g/mol.